The van der Waals surface area contributed by atoms with Crippen LogP contribution in [0.25, 0.3) is 0 Å². The van der Waals surface area contributed by atoms with Crippen LogP contribution >= 0.6 is 0 Å². The van der Waals surface area contributed by atoms with E-state index in [4.69, 9.17) is 0 Å². The van der Waals surface area contributed by atoms with Gasteiger partial charge in [-0.25, -0.2) is 0 Å². The van der Waals surface area contributed by atoms with E-state index >= 15 is 0 Å². The number of benzene rings is 1. The highest BCUT2D eigenvalue weighted by Gasteiger charge is 1.94. The molecule has 0 heterocycles. The molecule has 0 saturated heterocycles. The van der Waals surface area contributed by atoms with Gasteiger partial charge in [0.15, 0.2) is 0 Å². The summed E-state index contributed by atoms with van der Waals surface area (Å²) in [7, 11) is 2.07. The van der Waals surface area contributed by atoms with E-state index in [1.807, 2.05) is 12.1 Å². The van der Waals surface area contributed by atoms with Crippen molar-refractivity contribution in [2.24, 2.45) is 0 Å². The van der Waals surface area contributed by atoms with Crippen LogP contribution < -0.4 is 0 Å². The second-order valence-electron chi connectivity index (χ2n) is 3.48. The third-order valence-corrected chi connectivity index (χ3v) is 2.02. The SMILES string of the molecule is C=C/C(C)=C\N(C)Cc1ccccc1. The molecule has 0 aromatic heterocycles. The maximum absolute atomic E-state index is 3.73. The second-order valence-corrected chi connectivity index (χ2v) is 3.48. The molecule has 0 unspecified atom stereocenters. The number of nitrogens with zero attached hydrogens (tertiary/aromatic N) is 1. The first kappa shape index (κ1) is 10.6. The summed E-state index contributed by atoms with van der Waals surface area (Å²) in [6.45, 7) is 6.71. The number of rotatable bonds is 4. The Morgan fingerprint density at radius 2 is 2.00 bits per heavy atom. The van der Waals surface area contributed by atoms with Crippen LogP contribution in [0.2, 0.25) is 0 Å². The molecular weight excluding hydrogens is 170 g/mol. The van der Waals surface area contributed by atoms with Crippen LogP contribution in [0.4, 0.5) is 0 Å². The first-order valence-corrected chi connectivity index (χ1v) is 4.77. The molecule has 1 aromatic carbocycles. The van der Waals surface area contributed by atoms with Crippen LogP contribution in [0.1, 0.15) is 12.5 Å². The van der Waals surface area contributed by atoms with Crippen LogP contribution in [-0.2, 0) is 6.54 Å². The van der Waals surface area contributed by atoms with Crippen LogP contribution in [0.15, 0.2) is 54.8 Å². The zero-order valence-electron chi connectivity index (χ0n) is 8.90. The molecule has 1 aromatic rings. The molecule has 1 nitrogen and oxygen atoms in total. The lowest BCUT2D eigenvalue weighted by molar-refractivity contribution is 0.448. The molecule has 0 aliphatic heterocycles. The van der Waals surface area contributed by atoms with Gasteiger partial charge in [0.05, 0.1) is 0 Å². The molecule has 0 spiro atoms. The van der Waals surface area contributed by atoms with Crippen molar-refractivity contribution in [2.45, 2.75) is 13.5 Å². The molecule has 0 atom stereocenters. The summed E-state index contributed by atoms with van der Waals surface area (Å²) in [4.78, 5) is 2.16. The maximum atomic E-state index is 3.73. The van der Waals surface area contributed by atoms with Crippen LogP contribution in [0, 0.1) is 0 Å². The van der Waals surface area contributed by atoms with Crippen LogP contribution in [-0.4, -0.2) is 11.9 Å². The topological polar surface area (TPSA) is 3.24 Å². The molecule has 74 valence electrons. The molecular formula is C13H17N. The zero-order valence-corrected chi connectivity index (χ0v) is 8.90. The lowest BCUT2D eigenvalue weighted by Crippen LogP contribution is -2.10. The Morgan fingerprint density at radius 3 is 2.57 bits per heavy atom. The Labute approximate surface area is 86.4 Å². The van der Waals surface area contributed by atoms with Crippen molar-refractivity contribution in [1.29, 1.82) is 0 Å². The molecule has 0 radical (unpaired) electrons. The van der Waals surface area contributed by atoms with E-state index in [2.05, 4.69) is 55.9 Å². The molecule has 0 aliphatic carbocycles. The second kappa shape index (κ2) is 5.28. The molecule has 0 amide bonds. The van der Waals surface area contributed by atoms with E-state index in [0.29, 0.717) is 0 Å². The molecule has 1 rings (SSSR count). The fourth-order valence-corrected chi connectivity index (χ4v) is 1.32. The zero-order chi connectivity index (χ0) is 10.4. The lowest BCUT2D eigenvalue weighted by atomic mass is 10.2. The van der Waals surface area contributed by atoms with Crippen LogP contribution in [0.3, 0.4) is 0 Å². The molecule has 0 aliphatic rings. The van der Waals surface area contributed by atoms with Crippen molar-refractivity contribution in [1.82, 2.24) is 4.90 Å². The number of allylic oxidation sites excluding steroid dienone is 2. The minimum atomic E-state index is 0.937. The smallest absolute Gasteiger partial charge is 0.0420 e. The van der Waals surface area contributed by atoms with E-state index in [-0.39, 0.29) is 0 Å². The van der Waals surface area contributed by atoms with Crippen molar-refractivity contribution in [3.63, 3.8) is 0 Å². The average molecular weight is 187 g/mol. The van der Waals surface area contributed by atoms with Crippen molar-refractivity contribution >= 4 is 0 Å². The van der Waals surface area contributed by atoms with E-state index in [1.165, 1.54) is 11.1 Å². The van der Waals surface area contributed by atoms with Gasteiger partial charge >= 0.3 is 0 Å². The van der Waals surface area contributed by atoms with Gasteiger partial charge in [-0.05, 0) is 18.1 Å². The third kappa shape index (κ3) is 3.48. The maximum Gasteiger partial charge on any atom is 0.0420 e. The highest BCUT2D eigenvalue weighted by molar-refractivity contribution is 5.16. The van der Waals surface area contributed by atoms with Crippen molar-refractivity contribution < 1.29 is 0 Å². The Hall–Kier alpha value is -1.50. The molecule has 14 heavy (non-hydrogen) atoms. The van der Waals surface area contributed by atoms with Gasteiger partial charge in [-0.2, -0.15) is 0 Å². The summed E-state index contributed by atoms with van der Waals surface area (Å²) in [6.07, 6.45) is 3.96. The highest BCUT2D eigenvalue weighted by Crippen LogP contribution is 2.04. The van der Waals surface area contributed by atoms with E-state index in [9.17, 15) is 0 Å². The van der Waals surface area contributed by atoms with E-state index in [1.54, 1.807) is 0 Å². The normalized spacial score (nSPS) is 11.1. The summed E-state index contributed by atoms with van der Waals surface area (Å²) in [5, 5.41) is 0. The quantitative estimate of drug-likeness (QED) is 0.654. The molecule has 0 N–H and O–H groups in total. The Bertz CT molecular complexity index is 311. The molecule has 1 heteroatoms. The Morgan fingerprint density at radius 1 is 1.36 bits per heavy atom. The summed E-state index contributed by atoms with van der Waals surface area (Å²) in [6, 6.07) is 10.4. The predicted octanol–water partition coefficient (Wildman–Crippen LogP) is 3.21. The van der Waals surface area contributed by atoms with Gasteiger partial charge in [-0.1, -0.05) is 43.0 Å². The van der Waals surface area contributed by atoms with Gasteiger partial charge in [0, 0.05) is 19.8 Å². The number of hydrogen-bond donors (Lipinski definition) is 0. The van der Waals surface area contributed by atoms with Gasteiger partial charge in [0.2, 0.25) is 0 Å². The standard InChI is InChI=1S/C13H17N/c1-4-12(2)10-14(3)11-13-8-6-5-7-9-13/h4-10H,1,11H2,2-3H3/b12-10-. The average Bonchev–Trinajstić information content (AvgIpc) is 2.19. The van der Waals surface area contributed by atoms with Gasteiger partial charge in [-0.3, -0.25) is 0 Å². The van der Waals surface area contributed by atoms with Gasteiger partial charge in [0.25, 0.3) is 0 Å². The summed E-state index contributed by atoms with van der Waals surface area (Å²) >= 11 is 0. The summed E-state index contributed by atoms with van der Waals surface area (Å²) in [5.41, 5.74) is 2.51. The van der Waals surface area contributed by atoms with E-state index in [0.717, 1.165) is 6.54 Å². The summed E-state index contributed by atoms with van der Waals surface area (Å²) < 4.78 is 0. The molecule has 0 fully saturated rings. The van der Waals surface area contributed by atoms with Crippen LogP contribution in [0.5, 0.6) is 0 Å². The fraction of sp³-hybridized carbons (Fsp3) is 0.231. The Balaban J connectivity index is 2.58. The predicted molar refractivity (Wildman–Crippen MR) is 61.9 cm³/mol. The number of hydrogen-bond acceptors (Lipinski definition) is 1. The third-order valence-electron chi connectivity index (χ3n) is 2.02. The first-order valence-electron chi connectivity index (χ1n) is 4.77. The van der Waals surface area contributed by atoms with Crippen molar-refractivity contribution in [3.05, 3.63) is 60.3 Å². The Kier molecular flexibility index (Phi) is 3.99. The van der Waals surface area contributed by atoms with Gasteiger partial charge in [0.1, 0.15) is 0 Å². The fourth-order valence-electron chi connectivity index (χ4n) is 1.32. The molecule has 0 bridgehead atoms. The highest BCUT2D eigenvalue weighted by atomic mass is 15.1. The van der Waals surface area contributed by atoms with E-state index < -0.39 is 0 Å². The lowest BCUT2D eigenvalue weighted by Gasteiger charge is -2.14. The van der Waals surface area contributed by atoms with Gasteiger partial charge in [-0.15, -0.1) is 0 Å². The minimum absolute atomic E-state index is 0.937. The van der Waals surface area contributed by atoms with Gasteiger partial charge < -0.3 is 4.90 Å². The monoisotopic (exact) mass is 187 g/mol. The minimum Gasteiger partial charge on any atom is -0.376 e. The summed E-state index contributed by atoms with van der Waals surface area (Å²) in [5.74, 6) is 0. The largest absolute Gasteiger partial charge is 0.376 e. The van der Waals surface area contributed by atoms with Crippen molar-refractivity contribution in [2.75, 3.05) is 7.05 Å². The molecule has 0 saturated carbocycles. The van der Waals surface area contributed by atoms with Crippen molar-refractivity contribution in [3.8, 4) is 0 Å². The first-order chi connectivity index (χ1) is 6.72.